The fourth-order valence-corrected chi connectivity index (χ4v) is 18.6. The lowest BCUT2D eigenvalue weighted by Crippen LogP contribution is -2.21. The number of hydrogen-bond donors (Lipinski definition) is 7. The molecule has 0 aromatic heterocycles. The number of amides is 4. The number of fused-ring (bicyclic) bond motifs is 4. The van der Waals surface area contributed by atoms with Crippen LogP contribution >= 0.6 is 0 Å². The first-order valence-electron chi connectivity index (χ1n) is 38.1. The largest absolute Gasteiger partial charge is 0.456 e. The molecule has 0 fully saturated rings. The summed E-state index contributed by atoms with van der Waals surface area (Å²) in [5.74, 6) is 0.424. The van der Waals surface area contributed by atoms with Crippen LogP contribution in [0.1, 0.15) is 181 Å². The van der Waals surface area contributed by atoms with E-state index >= 15 is 0 Å². The van der Waals surface area contributed by atoms with Crippen molar-refractivity contribution in [2.24, 2.45) is 11.8 Å². The van der Waals surface area contributed by atoms with Gasteiger partial charge in [-0.15, -0.1) is 0 Å². The molecule has 0 spiro atoms. The highest BCUT2D eigenvalue weighted by Gasteiger charge is 2.31. The zero-order chi connectivity index (χ0) is 82.6. The second kappa shape index (κ2) is 32.9. The quantitative estimate of drug-likeness (QED) is 0.0189. The Balaban J connectivity index is 0.776. The maximum absolute atomic E-state index is 14.1. The number of anilines is 4. The molecular weight excluding hydrogens is 1490 g/mol. The summed E-state index contributed by atoms with van der Waals surface area (Å²) in [6, 6.07) is 41.7. The van der Waals surface area contributed by atoms with E-state index in [9.17, 15) is 53.9 Å². The number of aryl methyl sites for hydroxylation is 5. The summed E-state index contributed by atoms with van der Waals surface area (Å²) in [4.78, 5) is 53.7. The topological polar surface area (TPSA) is 281 Å². The lowest BCUT2D eigenvalue weighted by atomic mass is 9.88. The van der Waals surface area contributed by atoms with Gasteiger partial charge >= 0.3 is 0 Å². The summed E-state index contributed by atoms with van der Waals surface area (Å²) in [6.07, 6.45) is 5.52. The minimum atomic E-state index is -4.72. The highest BCUT2D eigenvalue weighted by Crippen LogP contribution is 2.44. The molecule has 12 rings (SSSR count). The van der Waals surface area contributed by atoms with Gasteiger partial charge in [0, 0.05) is 85.7 Å². The third-order valence-electron chi connectivity index (χ3n) is 22.2. The summed E-state index contributed by atoms with van der Waals surface area (Å²) in [5, 5.41) is 15.1. The van der Waals surface area contributed by atoms with Crippen LogP contribution in [0.15, 0.2) is 148 Å². The van der Waals surface area contributed by atoms with Gasteiger partial charge in [-0.3, -0.25) is 28.3 Å². The molecule has 1 atom stereocenters. The molecule has 1 unspecified atom stereocenters. The molecule has 21 heteroatoms. The number of carbonyl (C=O) groups is 4. The fourth-order valence-electron chi connectivity index (χ4n) is 16.2. The SMILES string of the molecule is Cc1ccccc1C1=c2cc/c(=C\c3c(C)cc(C)c(NC(=O)CCCCC(=O)Nc4c(C)c(/C=c5\ccc6c(c5)Oc5cc(Cc7c(C)cc(C)c(NC(=O)C(C)C)c7C)ccc5C=6c5ccccc5S(=O)(=O)O)c(C)c(S(=O)O)c4C)c3C)cc2Oc2cc(Cc3c(C)c(NC(=O)C(C)C)c(C)c(S(=O)(=O)O)c3C)ccc21. The average molecular weight is 1590 g/mol. The van der Waals surface area contributed by atoms with E-state index in [1.165, 1.54) is 6.07 Å². The molecule has 0 aliphatic carbocycles. The minimum Gasteiger partial charge on any atom is -0.456 e. The lowest BCUT2D eigenvalue weighted by Gasteiger charge is -2.24. The van der Waals surface area contributed by atoms with Gasteiger partial charge in [-0.05, 0) is 292 Å². The van der Waals surface area contributed by atoms with Crippen molar-refractivity contribution < 1.29 is 63.4 Å². The first kappa shape index (κ1) is 82.5. The number of ether oxygens (including phenoxy) is 2. The molecule has 10 aromatic carbocycles. The lowest BCUT2D eigenvalue weighted by molar-refractivity contribution is -0.119. The van der Waals surface area contributed by atoms with Crippen LogP contribution < -0.4 is 51.6 Å². The molecule has 0 saturated carbocycles. The van der Waals surface area contributed by atoms with Gasteiger partial charge in [0.2, 0.25) is 23.6 Å². The summed E-state index contributed by atoms with van der Waals surface area (Å²) in [6.45, 7) is 31.6. The van der Waals surface area contributed by atoms with Crippen molar-refractivity contribution in [3.8, 4) is 23.0 Å². The molecule has 0 bridgehead atoms. The molecule has 114 heavy (non-hydrogen) atoms. The average Bonchev–Trinajstić information content (AvgIpc) is 0.735. The van der Waals surface area contributed by atoms with Crippen LogP contribution in [0.25, 0.3) is 23.3 Å². The zero-order valence-corrected chi connectivity index (χ0v) is 69.8. The molecule has 2 aliphatic rings. The highest BCUT2D eigenvalue weighted by molar-refractivity contribution is 7.86. The van der Waals surface area contributed by atoms with E-state index in [0.29, 0.717) is 120 Å². The van der Waals surface area contributed by atoms with E-state index in [1.54, 1.807) is 71.9 Å². The van der Waals surface area contributed by atoms with E-state index in [1.807, 2.05) is 148 Å². The van der Waals surface area contributed by atoms with Gasteiger partial charge in [0.05, 0.1) is 4.90 Å². The van der Waals surface area contributed by atoms with Gasteiger partial charge in [-0.1, -0.05) is 119 Å². The van der Waals surface area contributed by atoms with Crippen LogP contribution in [0.4, 0.5) is 22.7 Å². The molecule has 2 aliphatic heterocycles. The highest BCUT2D eigenvalue weighted by atomic mass is 32.2. The molecular formula is C93H96N4O14S3. The number of rotatable bonds is 22. The summed E-state index contributed by atoms with van der Waals surface area (Å²) < 4.78 is 111. The second-order valence-corrected chi connectivity index (χ2v) is 34.5. The van der Waals surface area contributed by atoms with Crippen LogP contribution in [0, 0.1) is 102 Å². The molecule has 0 saturated heterocycles. The summed E-state index contributed by atoms with van der Waals surface area (Å²) >= 11 is -2.48. The normalized spacial score (nSPS) is 13.1. The first-order chi connectivity index (χ1) is 53.8. The van der Waals surface area contributed by atoms with Crippen LogP contribution in [0.3, 0.4) is 0 Å². The number of benzene rings is 10. The predicted molar refractivity (Wildman–Crippen MR) is 452 cm³/mol. The van der Waals surface area contributed by atoms with Crippen molar-refractivity contribution in [2.45, 2.75) is 171 Å². The van der Waals surface area contributed by atoms with E-state index in [0.717, 1.165) is 94.0 Å². The third kappa shape index (κ3) is 16.7. The van der Waals surface area contributed by atoms with E-state index in [4.69, 9.17) is 9.47 Å². The third-order valence-corrected chi connectivity index (χ3v) is 25.2. The molecule has 18 nitrogen and oxygen atoms in total. The Kier molecular flexibility index (Phi) is 23.8. The van der Waals surface area contributed by atoms with E-state index < -0.39 is 31.3 Å². The fraction of sp³-hybridized carbons (Fsp3) is 0.269. The van der Waals surface area contributed by atoms with Crippen molar-refractivity contribution in [3.05, 3.63) is 282 Å². The molecule has 2 heterocycles. The maximum Gasteiger partial charge on any atom is 0.295 e. The van der Waals surface area contributed by atoms with Crippen molar-refractivity contribution in [3.63, 3.8) is 0 Å². The van der Waals surface area contributed by atoms with E-state index in [-0.39, 0.29) is 80.5 Å². The van der Waals surface area contributed by atoms with Gasteiger partial charge in [0.15, 0.2) is 11.1 Å². The standard InChI is InChI=1S/C93H96N4O14S3/c1-48(2)92(100)96-87-54(9)39-52(7)74(56(87)11)41-64-31-36-70-79(45-64)111-80-46-65(33-37-71(80)85(70)72-26-20-21-27-81(72)113(104,105)106)42-75-57(12)88(61(16)90(59(75)14)112(102)103)95-83(99)29-23-22-28-82(98)94-86-53(8)38-51(6)73(55(86)10)40-63-30-34-68-77(44-63)110-78-47-66(32-35-69(78)84(68)67-25-19-18-24-50(67)5)43-76-58(13)89(97-93(101)49(3)4)62(17)91(60(76)15)114(107,108)109/h18-21,24-27,30-40,42,44-49H,22-23,28-29,41,43H2,1-17H3,(H,94,98)(H,95,99)(H,96,100)(H,97,101)(H,102,103)(H,104,105,106)(H,107,108,109)/b63-40+,65-42+. The van der Waals surface area contributed by atoms with Crippen molar-refractivity contribution in [1.82, 2.24) is 0 Å². The Labute approximate surface area is 669 Å². The Morgan fingerprint density at radius 1 is 0.421 bits per heavy atom. The monoisotopic (exact) mass is 1590 g/mol. The van der Waals surface area contributed by atoms with Crippen molar-refractivity contribution >= 4 is 101 Å². The van der Waals surface area contributed by atoms with E-state index in [2.05, 4.69) is 58.5 Å². The number of unbranched alkanes of at least 4 members (excludes halogenated alkanes) is 1. The maximum atomic E-state index is 14.1. The van der Waals surface area contributed by atoms with Crippen LogP contribution in [-0.2, 0) is 63.3 Å². The van der Waals surface area contributed by atoms with Gasteiger partial charge < -0.3 is 35.3 Å². The molecule has 4 amide bonds. The van der Waals surface area contributed by atoms with Gasteiger partial charge in [0.1, 0.15) is 32.8 Å². The summed E-state index contributed by atoms with van der Waals surface area (Å²) in [5.41, 5.74) is 20.7. The Morgan fingerprint density at radius 2 is 0.877 bits per heavy atom. The van der Waals surface area contributed by atoms with Crippen molar-refractivity contribution in [2.75, 3.05) is 21.3 Å². The van der Waals surface area contributed by atoms with Gasteiger partial charge in [0.25, 0.3) is 20.2 Å². The minimum absolute atomic E-state index is 0.0428. The van der Waals surface area contributed by atoms with Crippen molar-refractivity contribution in [1.29, 1.82) is 0 Å². The zero-order valence-electron chi connectivity index (χ0n) is 67.3. The summed E-state index contributed by atoms with van der Waals surface area (Å²) in [7, 11) is -9.41. The molecule has 0 radical (unpaired) electrons. The Morgan fingerprint density at radius 3 is 1.40 bits per heavy atom. The molecule has 10 aromatic rings. The number of carbonyl (C=O) groups excluding carboxylic acids is 4. The second-order valence-electron chi connectivity index (χ2n) is 30.8. The van der Waals surface area contributed by atoms with Gasteiger partial charge in [-0.2, -0.15) is 16.8 Å². The van der Waals surface area contributed by atoms with Crippen LogP contribution in [0.2, 0.25) is 0 Å². The van der Waals surface area contributed by atoms with Crippen LogP contribution in [0.5, 0.6) is 23.0 Å². The smallest absolute Gasteiger partial charge is 0.295 e. The number of nitrogens with one attached hydrogen (secondary N) is 4. The molecule has 590 valence electrons. The predicted octanol–water partition coefficient (Wildman–Crippen LogP) is 16.6. The molecule has 7 N–H and O–H groups in total. The van der Waals surface area contributed by atoms with Gasteiger partial charge in [-0.25, -0.2) is 4.21 Å². The van der Waals surface area contributed by atoms with Crippen LogP contribution in [-0.4, -0.2) is 58.3 Å². The Bertz CT molecular complexity index is 6300. The Hall–Kier alpha value is -10.9. The first-order valence-corrected chi connectivity index (χ1v) is 42.0. The number of hydrogen-bond acceptors (Lipinski definition) is 11.